The van der Waals surface area contributed by atoms with Crippen molar-refractivity contribution < 1.29 is 9.53 Å². The van der Waals surface area contributed by atoms with Crippen molar-refractivity contribution in [3.05, 3.63) is 0 Å². The van der Waals surface area contributed by atoms with Crippen molar-refractivity contribution in [3.63, 3.8) is 0 Å². The highest BCUT2D eigenvalue weighted by Crippen LogP contribution is 2.37. The van der Waals surface area contributed by atoms with Crippen LogP contribution in [0.4, 0.5) is 0 Å². The molecule has 2 nitrogen and oxygen atoms in total. The molecule has 0 aromatic rings. The Morgan fingerprint density at radius 2 is 1.73 bits per heavy atom. The van der Waals surface area contributed by atoms with Gasteiger partial charge in [0.25, 0.3) is 0 Å². The molecule has 2 heteroatoms. The number of esters is 1. The number of carbonyl (C=O) groups is 1. The Morgan fingerprint density at radius 3 is 2.18 bits per heavy atom. The van der Waals surface area contributed by atoms with Crippen LogP contribution in [0.15, 0.2) is 0 Å². The molecule has 0 bridgehead atoms. The lowest BCUT2D eigenvalue weighted by atomic mass is 9.75. The summed E-state index contributed by atoms with van der Waals surface area (Å²) in [5.74, 6) is 2.19. The zero-order chi connectivity index (χ0) is 17.1. The van der Waals surface area contributed by atoms with Gasteiger partial charge in [0.15, 0.2) is 0 Å². The standard InChI is InChI=1S/C20H38O2/c1-13(2)16-10-9-15(5)11-18(16)22-19(21)17(14(3)4)12-20(6,7)8/h13-18H,9-12H2,1-8H3/t15-,16+,17-,18-/m1/s1. The molecule has 0 radical (unpaired) electrons. The third-order valence-electron chi connectivity index (χ3n) is 5.17. The third-order valence-corrected chi connectivity index (χ3v) is 5.17. The summed E-state index contributed by atoms with van der Waals surface area (Å²) in [6, 6.07) is 0. The zero-order valence-electron chi connectivity index (χ0n) is 16.1. The van der Waals surface area contributed by atoms with Crippen molar-refractivity contribution in [1.82, 2.24) is 0 Å². The predicted octanol–water partition coefficient (Wildman–Crippen LogP) is 5.70. The van der Waals surface area contributed by atoms with E-state index < -0.39 is 0 Å². The molecular weight excluding hydrogens is 272 g/mol. The Labute approximate surface area is 138 Å². The molecule has 1 fully saturated rings. The molecule has 0 unspecified atom stereocenters. The molecule has 0 spiro atoms. The highest BCUT2D eigenvalue weighted by atomic mass is 16.5. The van der Waals surface area contributed by atoms with Gasteiger partial charge in [0.1, 0.15) is 6.10 Å². The Kier molecular flexibility index (Phi) is 6.95. The molecule has 1 aliphatic rings. The van der Waals surface area contributed by atoms with Crippen LogP contribution >= 0.6 is 0 Å². The highest BCUT2D eigenvalue weighted by molar-refractivity contribution is 5.73. The van der Waals surface area contributed by atoms with Gasteiger partial charge < -0.3 is 4.74 Å². The van der Waals surface area contributed by atoms with E-state index >= 15 is 0 Å². The second kappa shape index (κ2) is 7.84. The second-order valence-corrected chi connectivity index (χ2v) is 9.42. The summed E-state index contributed by atoms with van der Waals surface area (Å²) < 4.78 is 6.07. The zero-order valence-corrected chi connectivity index (χ0v) is 16.1. The van der Waals surface area contributed by atoms with E-state index in [1.54, 1.807) is 0 Å². The van der Waals surface area contributed by atoms with Gasteiger partial charge in [0.05, 0.1) is 5.92 Å². The summed E-state index contributed by atoms with van der Waals surface area (Å²) in [6.07, 6.45) is 4.53. The number of carbonyl (C=O) groups excluding carboxylic acids is 1. The van der Waals surface area contributed by atoms with Gasteiger partial charge in [-0.15, -0.1) is 0 Å². The maximum absolute atomic E-state index is 12.8. The van der Waals surface area contributed by atoms with Gasteiger partial charge in [0, 0.05) is 0 Å². The fourth-order valence-corrected chi connectivity index (χ4v) is 3.74. The molecule has 0 aromatic heterocycles. The summed E-state index contributed by atoms with van der Waals surface area (Å²) in [5, 5.41) is 0. The lowest BCUT2D eigenvalue weighted by Crippen LogP contribution is -2.38. The van der Waals surface area contributed by atoms with Gasteiger partial charge in [-0.1, -0.05) is 61.8 Å². The minimum absolute atomic E-state index is 0.0186. The Bertz CT molecular complexity index is 351. The van der Waals surface area contributed by atoms with E-state index in [0.717, 1.165) is 12.8 Å². The first-order valence-corrected chi connectivity index (χ1v) is 9.21. The van der Waals surface area contributed by atoms with Gasteiger partial charge >= 0.3 is 5.97 Å². The molecule has 0 N–H and O–H groups in total. The largest absolute Gasteiger partial charge is 0.462 e. The maximum atomic E-state index is 12.8. The molecule has 0 heterocycles. The minimum atomic E-state index is 0.0186. The fraction of sp³-hybridized carbons (Fsp3) is 0.950. The molecule has 130 valence electrons. The van der Waals surface area contributed by atoms with Crippen LogP contribution in [0.25, 0.3) is 0 Å². The average molecular weight is 311 g/mol. The highest BCUT2D eigenvalue weighted by Gasteiger charge is 2.36. The van der Waals surface area contributed by atoms with E-state index in [-0.39, 0.29) is 23.4 Å². The molecule has 0 aliphatic heterocycles. The van der Waals surface area contributed by atoms with E-state index in [2.05, 4.69) is 55.4 Å². The lowest BCUT2D eigenvalue weighted by molar-refractivity contribution is -0.163. The molecule has 1 saturated carbocycles. The summed E-state index contributed by atoms with van der Waals surface area (Å²) in [5.41, 5.74) is 0.158. The van der Waals surface area contributed by atoms with Gasteiger partial charge in [-0.05, 0) is 48.3 Å². The quantitative estimate of drug-likeness (QED) is 0.609. The van der Waals surface area contributed by atoms with E-state index in [1.165, 1.54) is 12.8 Å². The Hall–Kier alpha value is -0.530. The third kappa shape index (κ3) is 5.93. The number of rotatable bonds is 5. The van der Waals surface area contributed by atoms with Crippen molar-refractivity contribution in [1.29, 1.82) is 0 Å². The average Bonchev–Trinajstić information content (AvgIpc) is 2.34. The summed E-state index contributed by atoms with van der Waals surface area (Å²) in [6.45, 7) is 17.7. The topological polar surface area (TPSA) is 26.3 Å². The normalized spacial score (nSPS) is 28.0. The van der Waals surface area contributed by atoms with Crippen LogP contribution in [-0.4, -0.2) is 12.1 Å². The Balaban J connectivity index is 2.77. The monoisotopic (exact) mass is 310 g/mol. The van der Waals surface area contributed by atoms with Gasteiger partial charge in [-0.3, -0.25) is 4.79 Å². The molecule has 0 saturated heterocycles. The van der Waals surface area contributed by atoms with Crippen molar-refractivity contribution >= 4 is 5.97 Å². The molecule has 22 heavy (non-hydrogen) atoms. The summed E-state index contributed by atoms with van der Waals surface area (Å²) >= 11 is 0. The van der Waals surface area contributed by atoms with Gasteiger partial charge in [0.2, 0.25) is 0 Å². The van der Waals surface area contributed by atoms with Crippen LogP contribution in [0, 0.1) is 35.0 Å². The first-order valence-electron chi connectivity index (χ1n) is 9.21. The van der Waals surface area contributed by atoms with Crippen molar-refractivity contribution in [2.45, 2.75) is 87.2 Å². The second-order valence-electron chi connectivity index (χ2n) is 9.42. The predicted molar refractivity (Wildman–Crippen MR) is 93.6 cm³/mol. The Morgan fingerprint density at radius 1 is 1.14 bits per heavy atom. The van der Waals surface area contributed by atoms with Crippen LogP contribution < -0.4 is 0 Å². The van der Waals surface area contributed by atoms with Crippen LogP contribution in [-0.2, 0) is 9.53 Å². The molecule has 0 amide bonds. The summed E-state index contributed by atoms with van der Waals surface area (Å²) in [7, 11) is 0. The summed E-state index contributed by atoms with van der Waals surface area (Å²) in [4.78, 5) is 12.8. The lowest BCUT2D eigenvalue weighted by Gasteiger charge is -2.38. The fourth-order valence-electron chi connectivity index (χ4n) is 3.74. The van der Waals surface area contributed by atoms with E-state index in [4.69, 9.17) is 4.74 Å². The van der Waals surface area contributed by atoms with E-state index in [0.29, 0.717) is 23.7 Å². The first kappa shape index (κ1) is 19.5. The molecule has 1 rings (SSSR count). The maximum Gasteiger partial charge on any atom is 0.309 e. The van der Waals surface area contributed by atoms with Crippen LogP contribution in [0.5, 0.6) is 0 Å². The molecule has 4 atom stereocenters. The van der Waals surface area contributed by atoms with E-state index in [1.807, 2.05) is 0 Å². The van der Waals surface area contributed by atoms with E-state index in [9.17, 15) is 4.79 Å². The minimum Gasteiger partial charge on any atom is -0.462 e. The van der Waals surface area contributed by atoms with Crippen molar-refractivity contribution in [3.8, 4) is 0 Å². The van der Waals surface area contributed by atoms with Crippen molar-refractivity contribution in [2.24, 2.45) is 35.0 Å². The van der Waals surface area contributed by atoms with Crippen molar-refractivity contribution in [2.75, 3.05) is 0 Å². The SMILES string of the molecule is CC(C)[C@@H](CC(C)(C)C)C(=O)O[C@@H]1C[C@H](C)CC[C@H]1C(C)C. The van der Waals surface area contributed by atoms with Gasteiger partial charge in [-0.25, -0.2) is 0 Å². The van der Waals surface area contributed by atoms with Crippen LogP contribution in [0.1, 0.15) is 81.1 Å². The van der Waals surface area contributed by atoms with Gasteiger partial charge in [-0.2, -0.15) is 0 Å². The molecular formula is C20H38O2. The molecule has 1 aliphatic carbocycles. The number of hydrogen-bond acceptors (Lipinski definition) is 2. The first-order chi connectivity index (χ1) is 10.0. The molecule has 0 aromatic carbocycles. The number of hydrogen-bond donors (Lipinski definition) is 0. The van der Waals surface area contributed by atoms with Crippen LogP contribution in [0.3, 0.4) is 0 Å². The van der Waals surface area contributed by atoms with Crippen LogP contribution in [0.2, 0.25) is 0 Å². The number of ether oxygens (including phenoxy) is 1. The smallest absolute Gasteiger partial charge is 0.309 e.